The lowest BCUT2D eigenvalue weighted by Crippen LogP contribution is -2.47. The fraction of sp³-hybridized carbons (Fsp3) is 0.355. The van der Waals surface area contributed by atoms with Gasteiger partial charge in [0, 0.05) is 70.2 Å². The van der Waals surface area contributed by atoms with Crippen LogP contribution in [0, 0.1) is 5.82 Å². The van der Waals surface area contributed by atoms with E-state index in [4.69, 9.17) is 16.3 Å². The number of benzene rings is 2. The molecule has 43 heavy (non-hydrogen) atoms. The summed E-state index contributed by atoms with van der Waals surface area (Å²) in [5.74, 6) is -1.47. The van der Waals surface area contributed by atoms with Crippen molar-refractivity contribution in [1.82, 2.24) is 19.4 Å². The summed E-state index contributed by atoms with van der Waals surface area (Å²) in [5, 5.41) is 9.77. The van der Waals surface area contributed by atoms with Crippen LogP contribution in [-0.4, -0.2) is 83.0 Å². The van der Waals surface area contributed by atoms with E-state index in [-0.39, 0.29) is 21.6 Å². The molecule has 2 aliphatic rings. The minimum atomic E-state index is -1.39. The Morgan fingerprint density at radius 2 is 1.79 bits per heavy atom. The predicted molar refractivity (Wildman–Crippen MR) is 163 cm³/mol. The zero-order chi connectivity index (χ0) is 30.1. The highest BCUT2D eigenvalue weighted by Gasteiger charge is 2.28. The van der Waals surface area contributed by atoms with Crippen molar-refractivity contribution < 1.29 is 19.0 Å². The zero-order valence-corrected chi connectivity index (χ0v) is 24.5. The quantitative estimate of drug-likeness (QED) is 0.316. The molecule has 0 radical (unpaired) electrons. The average Bonchev–Trinajstić information content (AvgIpc) is 3.45. The van der Waals surface area contributed by atoms with E-state index in [1.807, 2.05) is 34.1 Å². The minimum absolute atomic E-state index is 0.0528. The number of anilines is 2. The van der Waals surface area contributed by atoms with E-state index in [9.17, 15) is 14.7 Å². The van der Waals surface area contributed by atoms with Gasteiger partial charge in [-0.25, -0.2) is 19.2 Å². The molecule has 10 nitrogen and oxygen atoms in total. The molecule has 0 amide bonds. The first-order valence-corrected chi connectivity index (χ1v) is 14.6. The van der Waals surface area contributed by atoms with Crippen LogP contribution < -0.4 is 15.2 Å². The molecular formula is C31H32ClFN6O4. The Morgan fingerprint density at radius 1 is 1.09 bits per heavy atom. The van der Waals surface area contributed by atoms with Gasteiger partial charge in [-0.05, 0) is 49.2 Å². The molecule has 4 heterocycles. The Hall–Kier alpha value is -4.06. The van der Waals surface area contributed by atoms with Crippen molar-refractivity contribution in [3.63, 3.8) is 0 Å². The van der Waals surface area contributed by atoms with Gasteiger partial charge in [-0.15, -0.1) is 0 Å². The molecule has 0 saturated carbocycles. The number of nitrogens with zero attached hydrogens (tertiary/aromatic N) is 6. The number of fused-ring (bicyclic) bond motifs is 1. The lowest BCUT2D eigenvalue weighted by molar-refractivity contribution is 0.0695. The van der Waals surface area contributed by atoms with Gasteiger partial charge >= 0.3 is 5.97 Å². The Bertz CT molecular complexity index is 1690. The molecule has 1 atom stereocenters. The third-order valence-corrected chi connectivity index (χ3v) is 8.63. The molecule has 2 aromatic heterocycles. The van der Waals surface area contributed by atoms with Crippen molar-refractivity contribution in [3.05, 3.63) is 87.2 Å². The maximum absolute atomic E-state index is 15.7. The largest absolute Gasteiger partial charge is 0.477 e. The number of carboxylic acids is 1. The highest BCUT2D eigenvalue weighted by atomic mass is 35.5. The molecule has 0 bridgehead atoms. The van der Waals surface area contributed by atoms with Gasteiger partial charge in [0.25, 0.3) is 0 Å². The van der Waals surface area contributed by atoms with Gasteiger partial charge in [-0.1, -0.05) is 23.7 Å². The van der Waals surface area contributed by atoms with E-state index < -0.39 is 22.8 Å². The first-order valence-electron chi connectivity index (χ1n) is 14.3. The molecule has 6 rings (SSSR count). The summed E-state index contributed by atoms with van der Waals surface area (Å²) in [4.78, 5) is 40.1. The topological polar surface area (TPSA) is 104 Å². The van der Waals surface area contributed by atoms with Crippen molar-refractivity contribution >= 4 is 40.1 Å². The summed E-state index contributed by atoms with van der Waals surface area (Å²) in [7, 11) is 1.72. The summed E-state index contributed by atoms with van der Waals surface area (Å²) in [6, 6.07) is 10.9. The Morgan fingerprint density at radius 3 is 2.47 bits per heavy atom. The van der Waals surface area contributed by atoms with Gasteiger partial charge in [0.15, 0.2) is 0 Å². The molecule has 2 aliphatic heterocycles. The summed E-state index contributed by atoms with van der Waals surface area (Å²) >= 11 is 6.94. The van der Waals surface area contributed by atoms with Crippen LogP contribution in [0.1, 0.15) is 28.8 Å². The van der Waals surface area contributed by atoms with Crippen LogP contribution in [0.25, 0.3) is 16.6 Å². The van der Waals surface area contributed by atoms with Crippen molar-refractivity contribution in [3.8, 4) is 5.69 Å². The highest BCUT2D eigenvalue weighted by Crippen LogP contribution is 2.37. The van der Waals surface area contributed by atoms with Crippen LogP contribution in [0.5, 0.6) is 0 Å². The molecular weight excluding hydrogens is 575 g/mol. The monoisotopic (exact) mass is 606 g/mol. The molecule has 12 heteroatoms. The molecule has 2 saturated heterocycles. The van der Waals surface area contributed by atoms with Crippen molar-refractivity contribution in [2.75, 3.05) is 56.2 Å². The first kappa shape index (κ1) is 29.0. The number of ether oxygens (including phenoxy) is 1. The second kappa shape index (κ2) is 12.3. The number of methoxy groups -OCH3 is 1. The number of pyridine rings is 1. The van der Waals surface area contributed by atoms with E-state index in [1.54, 1.807) is 30.1 Å². The van der Waals surface area contributed by atoms with Gasteiger partial charge in [0.05, 0.1) is 28.2 Å². The third-order valence-electron chi connectivity index (χ3n) is 8.28. The van der Waals surface area contributed by atoms with E-state index in [0.29, 0.717) is 50.5 Å². The predicted octanol–water partition coefficient (Wildman–Crippen LogP) is 4.21. The second-order valence-electron chi connectivity index (χ2n) is 10.9. The number of rotatable bonds is 8. The Balaban J connectivity index is 1.37. The van der Waals surface area contributed by atoms with Crippen LogP contribution in [0.2, 0.25) is 5.02 Å². The Labute approximate surface area is 252 Å². The molecule has 4 aromatic rings. The highest BCUT2D eigenvalue weighted by molar-refractivity contribution is 6.38. The minimum Gasteiger partial charge on any atom is -0.477 e. The normalized spacial score (nSPS) is 17.6. The molecule has 0 spiro atoms. The fourth-order valence-corrected chi connectivity index (χ4v) is 6.52. The van der Waals surface area contributed by atoms with Gasteiger partial charge < -0.3 is 24.2 Å². The fourth-order valence-electron chi connectivity index (χ4n) is 6.12. The number of aromatic carboxylic acids is 1. The molecule has 2 aromatic carbocycles. The summed E-state index contributed by atoms with van der Waals surface area (Å²) < 4.78 is 22.6. The number of halogens is 2. The molecule has 224 valence electrons. The van der Waals surface area contributed by atoms with Crippen molar-refractivity contribution in [2.45, 2.75) is 25.4 Å². The van der Waals surface area contributed by atoms with Crippen LogP contribution in [0.15, 0.2) is 59.8 Å². The maximum Gasteiger partial charge on any atom is 0.341 e. The van der Waals surface area contributed by atoms with E-state index in [2.05, 4.69) is 14.9 Å². The number of carboxylic acid groups (broad SMARTS) is 1. The number of piperazine rings is 1. The summed E-state index contributed by atoms with van der Waals surface area (Å²) in [6.07, 6.45) is 6.85. The van der Waals surface area contributed by atoms with Crippen LogP contribution >= 0.6 is 11.6 Å². The number of likely N-dealkylation sites (tertiary alicyclic amines) is 1. The van der Waals surface area contributed by atoms with Crippen molar-refractivity contribution in [1.29, 1.82) is 0 Å². The van der Waals surface area contributed by atoms with E-state index in [1.165, 1.54) is 6.20 Å². The Kier molecular flexibility index (Phi) is 8.29. The molecule has 0 aliphatic carbocycles. The van der Waals surface area contributed by atoms with Gasteiger partial charge in [-0.3, -0.25) is 9.69 Å². The third kappa shape index (κ3) is 5.67. The first-order chi connectivity index (χ1) is 20.9. The van der Waals surface area contributed by atoms with Crippen molar-refractivity contribution in [2.24, 2.45) is 0 Å². The van der Waals surface area contributed by atoms with E-state index >= 15 is 4.39 Å². The lowest BCUT2D eigenvalue weighted by atomic mass is 10.1. The summed E-state index contributed by atoms with van der Waals surface area (Å²) in [5.41, 5.74) is 0.885. The number of hydrogen-bond donors (Lipinski definition) is 1. The number of carbonyl (C=O) groups is 1. The standard InChI is InChI=1S/C31H32ClFN6O4/c1-43-19-22-4-2-11-38(22)17-20-5-7-21(8-6-20)39-18-24(30(41)42)29(40)23-16-25(33)28(26(32)27(23)39)36-12-14-37(15-13-36)31-34-9-3-10-35-31/h3,5-10,16,18,22H,2,4,11-15,17,19H2,1H3,(H,41,42)/t22-/m1/s1. The number of hydrogen-bond acceptors (Lipinski definition) is 8. The van der Waals surface area contributed by atoms with E-state index in [0.717, 1.165) is 37.6 Å². The van der Waals surface area contributed by atoms with Gasteiger partial charge in [-0.2, -0.15) is 0 Å². The number of aromatic nitrogens is 3. The summed E-state index contributed by atoms with van der Waals surface area (Å²) in [6.45, 7) is 4.44. The van der Waals surface area contributed by atoms with Crippen LogP contribution in [0.3, 0.4) is 0 Å². The average molecular weight is 607 g/mol. The van der Waals surface area contributed by atoms with Gasteiger partial charge in [0.1, 0.15) is 11.4 Å². The van der Waals surface area contributed by atoms with Crippen LogP contribution in [-0.2, 0) is 11.3 Å². The lowest BCUT2D eigenvalue weighted by Gasteiger charge is -2.36. The zero-order valence-electron chi connectivity index (χ0n) is 23.7. The second-order valence-corrected chi connectivity index (χ2v) is 11.3. The molecule has 0 unspecified atom stereocenters. The van der Waals surface area contributed by atoms with Crippen LogP contribution in [0.4, 0.5) is 16.0 Å². The smallest absolute Gasteiger partial charge is 0.341 e. The SMILES string of the molecule is COC[C@H]1CCCN1Cc1ccc(-n2cc(C(=O)O)c(=O)c3cc(F)c(N4CCN(c5ncccn5)CC4)c(Cl)c32)cc1. The molecule has 1 N–H and O–H groups in total. The maximum atomic E-state index is 15.7. The van der Waals surface area contributed by atoms with Gasteiger partial charge in [0.2, 0.25) is 11.4 Å². The molecule has 2 fully saturated rings.